The minimum Gasteiger partial charge on any atom is -0.298 e. The molecule has 0 aliphatic carbocycles. The minimum absolute atomic E-state index is 0.521. The summed E-state index contributed by atoms with van der Waals surface area (Å²) in [5.41, 5.74) is 1.87. The summed E-state index contributed by atoms with van der Waals surface area (Å²) in [6.07, 6.45) is 8.27. The van der Waals surface area contributed by atoms with Crippen LogP contribution in [0.15, 0.2) is 24.5 Å². The third kappa shape index (κ3) is 3.58. The molecule has 0 saturated carbocycles. The lowest BCUT2D eigenvalue weighted by atomic mass is 9.79. The Morgan fingerprint density at radius 2 is 1.96 bits per heavy atom. The number of rotatable bonds is 4. The zero-order chi connectivity index (χ0) is 16.6. The molecule has 0 amide bonds. The molecular weight excluding hydrogens is 316 g/mol. The Hall–Kier alpha value is -1.17. The Kier molecular flexibility index (Phi) is 4.50. The van der Waals surface area contributed by atoms with Gasteiger partial charge in [-0.2, -0.15) is 5.10 Å². The first-order valence-corrected chi connectivity index (χ1v) is 9.90. The standard InChI is InChI=1S/C19H28N4S/c1-16-4-5-18(24-16)13-23-9-7-19(15-23)6-3-8-22(14-19)12-17-10-20-21(2)11-17/h4-5,10-11H,3,6-9,12-15H2,1-2H3/t19-/m0/s1. The van der Waals surface area contributed by atoms with E-state index in [-0.39, 0.29) is 0 Å². The van der Waals surface area contributed by atoms with Crippen molar-refractivity contribution in [2.45, 2.75) is 39.3 Å². The van der Waals surface area contributed by atoms with Crippen LogP contribution in [0.2, 0.25) is 0 Å². The first-order chi connectivity index (χ1) is 11.6. The highest BCUT2D eigenvalue weighted by molar-refractivity contribution is 7.11. The average Bonchev–Trinajstić information content (AvgIpc) is 3.23. The monoisotopic (exact) mass is 344 g/mol. The highest BCUT2D eigenvalue weighted by Gasteiger charge is 2.41. The normalized spacial score (nSPS) is 25.8. The fourth-order valence-corrected chi connectivity index (χ4v) is 5.48. The Bertz CT molecular complexity index is 691. The maximum Gasteiger partial charge on any atom is 0.0534 e. The van der Waals surface area contributed by atoms with Crippen molar-refractivity contribution < 1.29 is 0 Å². The number of piperidine rings is 1. The van der Waals surface area contributed by atoms with Crippen LogP contribution in [0, 0.1) is 12.3 Å². The van der Waals surface area contributed by atoms with Gasteiger partial charge in [-0.25, -0.2) is 0 Å². The Morgan fingerprint density at radius 3 is 2.67 bits per heavy atom. The number of aromatic nitrogens is 2. The first-order valence-electron chi connectivity index (χ1n) is 9.08. The van der Waals surface area contributed by atoms with Gasteiger partial charge >= 0.3 is 0 Å². The van der Waals surface area contributed by atoms with Gasteiger partial charge in [-0.05, 0) is 56.8 Å². The highest BCUT2D eigenvalue weighted by atomic mass is 32.1. The lowest BCUT2D eigenvalue weighted by molar-refractivity contribution is 0.0867. The van der Waals surface area contributed by atoms with Crippen LogP contribution in [0.5, 0.6) is 0 Å². The summed E-state index contributed by atoms with van der Waals surface area (Å²) in [4.78, 5) is 8.28. The Balaban J connectivity index is 1.36. The van der Waals surface area contributed by atoms with Gasteiger partial charge in [0.25, 0.3) is 0 Å². The molecule has 2 aromatic rings. The van der Waals surface area contributed by atoms with Crippen molar-refractivity contribution in [2.75, 3.05) is 26.2 Å². The number of hydrogen-bond donors (Lipinski definition) is 0. The van der Waals surface area contributed by atoms with Gasteiger partial charge in [0, 0.05) is 54.7 Å². The summed E-state index contributed by atoms with van der Waals surface area (Å²) in [6, 6.07) is 4.56. The summed E-state index contributed by atoms with van der Waals surface area (Å²) in [5.74, 6) is 0. The molecule has 2 saturated heterocycles. The fourth-order valence-electron chi connectivity index (χ4n) is 4.54. The van der Waals surface area contributed by atoms with Crippen LogP contribution in [0.4, 0.5) is 0 Å². The van der Waals surface area contributed by atoms with Crippen molar-refractivity contribution in [3.8, 4) is 0 Å². The molecule has 1 atom stereocenters. The predicted octanol–water partition coefficient (Wildman–Crippen LogP) is 3.28. The second-order valence-electron chi connectivity index (χ2n) is 7.81. The van der Waals surface area contributed by atoms with E-state index >= 15 is 0 Å². The summed E-state index contributed by atoms with van der Waals surface area (Å²) >= 11 is 1.95. The molecule has 4 heterocycles. The van der Waals surface area contributed by atoms with Gasteiger partial charge in [0.15, 0.2) is 0 Å². The number of aryl methyl sites for hydroxylation is 2. The van der Waals surface area contributed by atoms with Gasteiger partial charge in [-0.3, -0.25) is 14.5 Å². The van der Waals surface area contributed by atoms with Gasteiger partial charge in [0.1, 0.15) is 0 Å². The molecule has 0 N–H and O–H groups in total. The largest absolute Gasteiger partial charge is 0.298 e. The number of hydrogen-bond acceptors (Lipinski definition) is 4. The van der Waals surface area contributed by atoms with Crippen LogP contribution in [0.1, 0.15) is 34.6 Å². The second kappa shape index (κ2) is 6.62. The molecule has 2 fully saturated rings. The SMILES string of the molecule is Cc1ccc(CN2CC[C@]3(CCCN(Cc4cnn(C)c4)C3)C2)s1. The molecule has 2 aliphatic heterocycles. The molecule has 4 rings (SSSR count). The molecule has 0 bridgehead atoms. The Morgan fingerprint density at radius 1 is 1.12 bits per heavy atom. The molecule has 0 aromatic carbocycles. The van der Waals surface area contributed by atoms with Gasteiger partial charge < -0.3 is 0 Å². The summed E-state index contributed by atoms with van der Waals surface area (Å²) in [6.45, 7) is 9.42. The van der Waals surface area contributed by atoms with E-state index in [9.17, 15) is 0 Å². The van der Waals surface area contributed by atoms with E-state index < -0.39 is 0 Å². The molecule has 1 spiro atoms. The van der Waals surface area contributed by atoms with Crippen molar-refractivity contribution >= 4 is 11.3 Å². The first kappa shape index (κ1) is 16.3. The molecule has 24 heavy (non-hydrogen) atoms. The Labute approximate surface area is 149 Å². The number of likely N-dealkylation sites (tertiary alicyclic amines) is 2. The van der Waals surface area contributed by atoms with Gasteiger partial charge in [-0.15, -0.1) is 11.3 Å². The number of thiophene rings is 1. The zero-order valence-corrected chi connectivity index (χ0v) is 15.7. The highest BCUT2D eigenvalue weighted by Crippen LogP contribution is 2.40. The topological polar surface area (TPSA) is 24.3 Å². The van der Waals surface area contributed by atoms with Crippen LogP contribution in [-0.4, -0.2) is 45.8 Å². The lowest BCUT2D eigenvalue weighted by Crippen LogP contribution is -2.44. The van der Waals surface area contributed by atoms with Crippen LogP contribution in [0.3, 0.4) is 0 Å². The van der Waals surface area contributed by atoms with Gasteiger partial charge in [0.05, 0.1) is 6.20 Å². The molecule has 5 heteroatoms. The van der Waals surface area contributed by atoms with Crippen LogP contribution >= 0.6 is 11.3 Å². The van der Waals surface area contributed by atoms with Gasteiger partial charge in [-0.1, -0.05) is 0 Å². The molecular formula is C19H28N4S. The van der Waals surface area contributed by atoms with E-state index in [4.69, 9.17) is 0 Å². The molecule has 0 unspecified atom stereocenters. The third-order valence-corrected chi connectivity index (χ3v) is 6.58. The maximum atomic E-state index is 4.31. The van der Waals surface area contributed by atoms with Gasteiger partial charge in [0.2, 0.25) is 0 Å². The summed E-state index contributed by atoms with van der Waals surface area (Å²) in [7, 11) is 2.00. The second-order valence-corrected chi connectivity index (χ2v) is 9.18. The smallest absolute Gasteiger partial charge is 0.0534 e. The van der Waals surface area contributed by atoms with E-state index in [2.05, 4.69) is 40.2 Å². The van der Waals surface area contributed by atoms with Crippen molar-refractivity contribution in [3.05, 3.63) is 39.8 Å². The van der Waals surface area contributed by atoms with E-state index in [0.717, 1.165) is 13.1 Å². The van der Waals surface area contributed by atoms with Crippen molar-refractivity contribution in [1.82, 2.24) is 19.6 Å². The van der Waals surface area contributed by atoms with Crippen molar-refractivity contribution in [3.63, 3.8) is 0 Å². The van der Waals surface area contributed by atoms with E-state index in [1.54, 1.807) is 0 Å². The molecule has 130 valence electrons. The average molecular weight is 345 g/mol. The van der Waals surface area contributed by atoms with E-state index in [1.807, 2.05) is 29.3 Å². The molecule has 2 aromatic heterocycles. The predicted molar refractivity (Wildman–Crippen MR) is 99.1 cm³/mol. The zero-order valence-electron chi connectivity index (χ0n) is 14.9. The maximum absolute atomic E-state index is 4.31. The molecule has 4 nitrogen and oxygen atoms in total. The van der Waals surface area contributed by atoms with E-state index in [0.29, 0.717) is 5.41 Å². The van der Waals surface area contributed by atoms with Crippen molar-refractivity contribution in [1.29, 1.82) is 0 Å². The van der Waals surface area contributed by atoms with Crippen LogP contribution < -0.4 is 0 Å². The fraction of sp³-hybridized carbons (Fsp3) is 0.632. The number of nitrogens with zero attached hydrogens (tertiary/aromatic N) is 4. The van der Waals surface area contributed by atoms with Crippen LogP contribution in [-0.2, 0) is 20.1 Å². The summed E-state index contributed by atoms with van der Waals surface area (Å²) in [5, 5.41) is 4.31. The molecule has 0 radical (unpaired) electrons. The van der Waals surface area contributed by atoms with E-state index in [1.165, 1.54) is 60.8 Å². The third-order valence-electron chi connectivity index (χ3n) is 5.60. The lowest BCUT2D eigenvalue weighted by Gasteiger charge is -2.40. The quantitative estimate of drug-likeness (QED) is 0.851. The minimum atomic E-state index is 0.521. The summed E-state index contributed by atoms with van der Waals surface area (Å²) < 4.78 is 1.91. The molecule has 2 aliphatic rings. The van der Waals surface area contributed by atoms with Crippen molar-refractivity contribution in [2.24, 2.45) is 12.5 Å². The van der Waals surface area contributed by atoms with Crippen LogP contribution in [0.25, 0.3) is 0 Å².